The van der Waals surface area contributed by atoms with E-state index < -0.39 is 0 Å². The van der Waals surface area contributed by atoms with Gasteiger partial charge in [-0.1, -0.05) is 35.5 Å². The maximum absolute atomic E-state index is 5.45. The minimum Gasteiger partial charge on any atom is -0.378 e. The summed E-state index contributed by atoms with van der Waals surface area (Å²) in [6.45, 7) is 0.480. The number of methoxy groups -OCH3 is 1. The molecule has 0 amide bonds. The van der Waals surface area contributed by atoms with E-state index in [-0.39, 0.29) is 0 Å². The van der Waals surface area contributed by atoms with Crippen LogP contribution >= 0.6 is 11.3 Å². The van der Waals surface area contributed by atoms with Crippen molar-refractivity contribution in [2.45, 2.75) is 25.4 Å². The number of hydrogen-bond donors (Lipinski definition) is 0. The van der Waals surface area contributed by atoms with Crippen molar-refractivity contribution in [3.63, 3.8) is 0 Å². The molecule has 4 rings (SSSR count). The summed E-state index contributed by atoms with van der Waals surface area (Å²) >= 11 is 1.60. The summed E-state index contributed by atoms with van der Waals surface area (Å²) in [6.07, 6.45) is 2.30. The van der Waals surface area contributed by atoms with Crippen LogP contribution in [-0.2, 0) is 11.3 Å². The minimum atomic E-state index is 0.467. The van der Waals surface area contributed by atoms with Crippen molar-refractivity contribution in [2.75, 3.05) is 7.11 Å². The number of ether oxygens (including phenoxy) is 1. The molecule has 0 unspecified atom stereocenters. The number of thiazole rings is 1. The van der Waals surface area contributed by atoms with E-state index in [1.165, 1.54) is 0 Å². The van der Waals surface area contributed by atoms with Crippen molar-refractivity contribution in [3.8, 4) is 22.0 Å². The van der Waals surface area contributed by atoms with Gasteiger partial charge in [0.15, 0.2) is 5.82 Å². The van der Waals surface area contributed by atoms with Crippen LogP contribution in [0.5, 0.6) is 0 Å². The molecular formula is C16H15N3O2S. The Morgan fingerprint density at radius 3 is 2.77 bits per heavy atom. The third-order valence-electron chi connectivity index (χ3n) is 3.56. The highest BCUT2D eigenvalue weighted by molar-refractivity contribution is 7.15. The van der Waals surface area contributed by atoms with Gasteiger partial charge >= 0.3 is 0 Å². The van der Waals surface area contributed by atoms with Crippen molar-refractivity contribution in [2.24, 2.45) is 0 Å². The molecule has 1 fully saturated rings. The first-order chi connectivity index (χ1) is 10.8. The van der Waals surface area contributed by atoms with Crippen LogP contribution in [0.4, 0.5) is 0 Å². The van der Waals surface area contributed by atoms with Gasteiger partial charge in [-0.25, -0.2) is 4.98 Å². The molecule has 0 bridgehead atoms. The second kappa shape index (κ2) is 5.62. The summed E-state index contributed by atoms with van der Waals surface area (Å²) in [4.78, 5) is 10.2. The number of nitrogens with zero attached hydrogens (tertiary/aromatic N) is 3. The molecule has 1 aliphatic carbocycles. The average molecular weight is 313 g/mol. The summed E-state index contributed by atoms with van der Waals surface area (Å²) in [5, 5.41) is 5.00. The van der Waals surface area contributed by atoms with Crippen molar-refractivity contribution in [1.82, 2.24) is 15.1 Å². The van der Waals surface area contributed by atoms with Gasteiger partial charge in [0.05, 0.1) is 11.5 Å². The van der Waals surface area contributed by atoms with E-state index in [9.17, 15) is 0 Å². The number of hydrogen-bond acceptors (Lipinski definition) is 6. The van der Waals surface area contributed by atoms with Crippen molar-refractivity contribution in [3.05, 3.63) is 41.2 Å². The number of rotatable bonds is 5. The van der Waals surface area contributed by atoms with Gasteiger partial charge in [-0.3, -0.25) is 0 Å². The zero-order valence-electron chi connectivity index (χ0n) is 12.2. The first-order valence-corrected chi connectivity index (χ1v) is 8.05. The molecule has 1 aromatic carbocycles. The van der Waals surface area contributed by atoms with E-state index in [0.29, 0.717) is 18.4 Å². The Morgan fingerprint density at radius 1 is 1.23 bits per heavy atom. The lowest BCUT2D eigenvalue weighted by molar-refractivity contribution is 0.184. The highest BCUT2D eigenvalue weighted by atomic mass is 32.1. The smallest absolute Gasteiger partial charge is 0.278 e. The maximum Gasteiger partial charge on any atom is 0.278 e. The summed E-state index contributed by atoms with van der Waals surface area (Å²) in [5.74, 6) is 1.77. The van der Waals surface area contributed by atoms with E-state index >= 15 is 0 Å². The highest BCUT2D eigenvalue weighted by Crippen LogP contribution is 2.41. The van der Waals surface area contributed by atoms with Crippen LogP contribution in [0, 0.1) is 0 Å². The lowest BCUT2D eigenvalue weighted by Gasteiger charge is -1.97. The molecule has 0 radical (unpaired) electrons. The van der Waals surface area contributed by atoms with E-state index in [0.717, 1.165) is 39.8 Å². The first kappa shape index (κ1) is 13.6. The topological polar surface area (TPSA) is 61.0 Å². The monoisotopic (exact) mass is 313 g/mol. The van der Waals surface area contributed by atoms with Crippen molar-refractivity contribution >= 4 is 11.3 Å². The number of benzene rings is 1. The first-order valence-electron chi connectivity index (χ1n) is 7.23. The standard InChI is InChI=1S/C16H15N3O2S/c1-20-9-12-17-13(14(22-12)10-5-3-2-4-6-10)16-18-15(19-21-16)11-7-8-11/h2-6,11H,7-9H2,1H3. The Labute approximate surface area is 132 Å². The molecule has 2 aromatic heterocycles. The lowest BCUT2D eigenvalue weighted by atomic mass is 10.1. The SMILES string of the molecule is COCc1nc(-c2nc(C3CC3)no2)c(-c2ccccc2)s1. The zero-order valence-corrected chi connectivity index (χ0v) is 13.0. The van der Waals surface area contributed by atoms with Crippen molar-refractivity contribution in [1.29, 1.82) is 0 Å². The largest absolute Gasteiger partial charge is 0.378 e. The fraction of sp³-hybridized carbons (Fsp3) is 0.312. The van der Waals surface area contributed by atoms with Crippen LogP contribution in [-0.4, -0.2) is 22.2 Å². The lowest BCUT2D eigenvalue weighted by Crippen LogP contribution is -1.87. The predicted molar refractivity (Wildman–Crippen MR) is 83.5 cm³/mol. The molecular weight excluding hydrogens is 298 g/mol. The number of aromatic nitrogens is 3. The minimum absolute atomic E-state index is 0.467. The van der Waals surface area contributed by atoms with E-state index in [1.54, 1.807) is 18.4 Å². The van der Waals surface area contributed by atoms with Crippen LogP contribution in [0.25, 0.3) is 22.0 Å². The molecule has 0 aliphatic heterocycles. The average Bonchev–Trinajstić information content (AvgIpc) is 3.13. The molecule has 0 atom stereocenters. The summed E-state index contributed by atoms with van der Waals surface area (Å²) < 4.78 is 10.7. The van der Waals surface area contributed by atoms with Gasteiger partial charge in [0.25, 0.3) is 5.89 Å². The van der Waals surface area contributed by atoms with Crippen LogP contribution in [0.15, 0.2) is 34.9 Å². The van der Waals surface area contributed by atoms with Gasteiger partial charge < -0.3 is 9.26 Å². The second-order valence-electron chi connectivity index (χ2n) is 5.32. The van der Waals surface area contributed by atoms with Crippen LogP contribution in [0.1, 0.15) is 29.6 Å². The van der Waals surface area contributed by atoms with Crippen LogP contribution in [0.3, 0.4) is 0 Å². The van der Waals surface area contributed by atoms with Gasteiger partial charge in [-0.2, -0.15) is 4.98 Å². The van der Waals surface area contributed by atoms with Gasteiger partial charge in [0.2, 0.25) is 0 Å². The molecule has 3 aromatic rings. The molecule has 5 nitrogen and oxygen atoms in total. The quantitative estimate of drug-likeness (QED) is 0.715. The Balaban J connectivity index is 1.78. The van der Waals surface area contributed by atoms with Crippen LogP contribution in [0.2, 0.25) is 0 Å². The summed E-state index contributed by atoms with van der Waals surface area (Å²) in [5.41, 5.74) is 1.85. The molecule has 22 heavy (non-hydrogen) atoms. The molecule has 0 saturated heterocycles. The summed E-state index contributed by atoms with van der Waals surface area (Å²) in [6, 6.07) is 10.1. The third-order valence-corrected chi connectivity index (χ3v) is 4.64. The molecule has 1 aliphatic rings. The fourth-order valence-corrected chi connectivity index (χ4v) is 3.35. The van der Waals surface area contributed by atoms with E-state index in [2.05, 4.69) is 27.3 Å². The predicted octanol–water partition coefficient (Wildman–Crippen LogP) is 3.88. The Kier molecular flexibility index (Phi) is 3.48. The molecule has 1 saturated carbocycles. The Bertz CT molecular complexity index is 778. The van der Waals surface area contributed by atoms with Crippen LogP contribution < -0.4 is 0 Å². The molecule has 0 N–H and O–H groups in total. The van der Waals surface area contributed by atoms with Crippen molar-refractivity contribution < 1.29 is 9.26 Å². The normalized spacial score (nSPS) is 14.4. The van der Waals surface area contributed by atoms with Gasteiger partial charge in [0, 0.05) is 13.0 Å². The van der Waals surface area contributed by atoms with E-state index in [1.807, 2.05) is 18.2 Å². The summed E-state index contributed by atoms with van der Waals surface area (Å²) in [7, 11) is 1.67. The van der Waals surface area contributed by atoms with Gasteiger partial charge in [-0.05, 0) is 18.4 Å². The third kappa shape index (κ3) is 2.55. The van der Waals surface area contributed by atoms with Gasteiger partial charge in [-0.15, -0.1) is 11.3 Å². The maximum atomic E-state index is 5.45. The molecule has 2 heterocycles. The Hall–Kier alpha value is -2.05. The second-order valence-corrected chi connectivity index (χ2v) is 6.40. The molecule has 6 heteroatoms. The fourth-order valence-electron chi connectivity index (χ4n) is 2.32. The van der Waals surface area contributed by atoms with E-state index in [4.69, 9.17) is 9.26 Å². The molecule has 0 spiro atoms. The highest BCUT2D eigenvalue weighted by Gasteiger charge is 2.30. The Morgan fingerprint density at radius 2 is 2.05 bits per heavy atom. The zero-order chi connectivity index (χ0) is 14.9. The molecule has 112 valence electrons. The van der Waals surface area contributed by atoms with Gasteiger partial charge in [0.1, 0.15) is 10.7 Å².